The molecule has 0 bridgehead atoms. The van der Waals surface area contributed by atoms with Crippen LogP contribution >= 0.6 is 0 Å². The molecule has 0 amide bonds. The van der Waals surface area contributed by atoms with E-state index in [4.69, 9.17) is 14.6 Å². The average Bonchev–Trinajstić information content (AvgIpc) is 2.05. The fraction of sp³-hybridized carbons (Fsp3) is 0.818. The van der Waals surface area contributed by atoms with Gasteiger partial charge in [0.1, 0.15) is 0 Å². The molecular formula is C11H23O3Y-. The van der Waals surface area contributed by atoms with Crippen molar-refractivity contribution in [2.75, 3.05) is 13.2 Å². The topological polar surface area (TPSA) is 46.5 Å². The second kappa shape index (κ2) is 12.6. The van der Waals surface area contributed by atoms with Gasteiger partial charge in [0, 0.05) is 39.3 Å². The molecule has 1 N–H and O–H groups in total. The van der Waals surface area contributed by atoms with Crippen molar-refractivity contribution in [1.82, 2.24) is 0 Å². The molecule has 0 aromatic rings. The van der Waals surface area contributed by atoms with E-state index in [9.17, 15) is 0 Å². The van der Waals surface area contributed by atoms with Crippen molar-refractivity contribution in [2.24, 2.45) is 5.92 Å². The molecule has 0 atom stereocenters. The van der Waals surface area contributed by atoms with Crippen molar-refractivity contribution in [3.63, 3.8) is 0 Å². The number of carbonyl (C=O) groups excluding carboxylic acids is 1. The number of ether oxygens (including phenoxy) is 1. The third-order valence-corrected chi connectivity index (χ3v) is 1.57. The van der Waals surface area contributed by atoms with E-state index < -0.39 is 0 Å². The van der Waals surface area contributed by atoms with Crippen molar-refractivity contribution in [3.05, 3.63) is 6.92 Å². The van der Waals surface area contributed by atoms with Crippen LogP contribution < -0.4 is 0 Å². The molecule has 15 heavy (non-hydrogen) atoms. The standard InChI is InChI=1S/C9H20O2.C2H3O.Y/c1-8(2)5-6-11-9(3,4)7-10;1-2-3;/h8,10H,5-7H2,1-4H3;2H,1H2;/q;-1;. The molecule has 1 radical (unpaired) electrons. The first kappa shape index (κ1) is 20.9. The minimum absolute atomic E-state index is 0. The molecule has 0 aromatic carbocycles. The fourth-order valence-corrected chi connectivity index (χ4v) is 0.617. The van der Waals surface area contributed by atoms with Crippen LogP contribution in [0.3, 0.4) is 0 Å². The van der Waals surface area contributed by atoms with Crippen LogP contribution in [0.5, 0.6) is 0 Å². The van der Waals surface area contributed by atoms with Crippen LogP contribution in [0.25, 0.3) is 0 Å². The Kier molecular flexibility index (Phi) is 17.6. The van der Waals surface area contributed by atoms with Crippen molar-refractivity contribution in [3.8, 4) is 0 Å². The van der Waals surface area contributed by atoms with Gasteiger partial charge in [0.05, 0.1) is 12.2 Å². The van der Waals surface area contributed by atoms with Gasteiger partial charge < -0.3 is 21.6 Å². The van der Waals surface area contributed by atoms with E-state index in [2.05, 4.69) is 20.8 Å². The minimum Gasteiger partial charge on any atom is -0.393 e. The van der Waals surface area contributed by atoms with E-state index in [1.54, 1.807) is 0 Å². The second-order valence-corrected chi connectivity index (χ2v) is 4.12. The maximum Gasteiger partial charge on any atom is 0.0856 e. The van der Waals surface area contributed by atoms with E-state index >= 15 is 0 Å². The predicted octanol–water partition coefficient (Wildman–Crippen LogP) is 1.84. The number of carbonyl (C=O) groups is 1. The van der Waals surface area contributed by atoms with Gasteiger partial charge in [-0.25, -0.2) is 0 Å². The summed E-state index contributed by atoms with van der Waals surface area (Å²) in [5, 5.41) is 8.83. The summed E-state index contributed by atoms with van der Waals surface area (Å²) < 4.78 is 5.44. The van der Waals surface area contributed by atoms with Crippen LogP contribution in [0, 0.1) is 12.8 Å². The van der Waals surface area contributed by atoms with Gasteiger partial charge in [0.15, 0.2) is 0 Å². The first-order valence-electron chi connectivity index (χ1n) is 4.87. The molecule has 0 saturated carbocycles. The largest absolute Gasteiger partial charge is 0.393 e. The first-order valence-corrected chi connectivity index (χ1v) is 4.87. The summed E-state index contributed by atoms with van der Waals surface area (Å²) >= 11 is 0. The summed E-state index contributed by atoms with van der Waals surface area (Å²) in [6.45, 7) is 11.8. The van der Waals surface area contributed by atoms with E-state index in [0.29, 0.717) is 12.2 Å². The van der Waals surface area contributed by atoms with Crippen LogP contribution in [0.15, 0.2) is 0 Å². The van der Waals surface area contributed by atoms with Gasteiger partial charge >= 0.3 is 0 Å². The third kappa shape index (κ3) is 20.6. The van der Waals surface area contributed by atoms with Gasteiger partial charge in [-0.1, -0.05) is 13.8 Å². The smallest absolute Gasteiger partial charge is 0.0856 e. The zero-order valence-corrected chi connectivity index (χ0v) is 13.2. The number of aliphatic hydroxyl groups excluding tert-OH is 1. The van der Waals surface area contributed by atoms with Gasteiger partial charge in [0.25, 0.3) is 0 Å². The Morgan fingerprint density at radius 3 is 2.13 bits per heavy atom. The zero-order valence-electron chi connectivity index (χ0n) is 10.3. The molecule has 0 rings (SSSR count). The van der Waals surface area contributed by atoms with Gasteiger partial charge in [-0.2, -0.15) is 0 Å². The van der Waals surface area contributed by atoms with E-state index in [1.807, 2.05) is 13.8 Å². The van der Waals surface area contributed by atoms with Gasteiger partial charge in [0.2, 0.25) is 0 Å². The van der Waals surface area contributed by atoms with Gasteiger partial charge in [-0.05, 0) is 32.5 Å². The van der Waals surface area contributed by atoms with E-state index in [0.717, 1.165) is 13.0 Å². The van der Waals surface area contributed by atoms with Crippen molar-refractivity contribution < 1.29 is 47.3 Å². The molecule has 0 spiro atoms. The van der Waals surface area contributed by atoms with E-state index in [1.165, 1.54) is 0 Å². The van der Waals surface area contributed by atoms with Crippen molar-refractivity contribution in [1.29, 1.82) is 0 Å². The maximum absolute atomic E-state index is 8.83. The SMILES string of the molecule is CC(C)CCOC(C)(C)CO.[CH2-]C=O.[Y]. The quantitative estimate of drug-likeness (QED) is 0.621. The summed E-state index contributed by atoms with van der Waals surface area (Å²) in [5.41, 5.74) is -0.366. The Hall–Kier alpha value is 0.564. The second-order valence-electron chi connectivity index (χ2n) is 4.12. The summed E-state index contributed by atoms with van der Waals surface area (Å²) in [5.74, 6) is 0.671. The molecule has 4 heteroatoms. The number of aldehydes is 1. The number of hydrogen-bond acceptors (Lipinski definition) is 3. The summed E-state index contributed by atoms with van der Waals surface area (Å²) in [6, 6.07) is 0. The molecule has 0 aliphatic heterocycles. The maximum atomic E-state index is 8.83. The zero-order chi connectivity index (χ0) is 11.6. The Labute approximate surface area is 119 Å². The Morgan fingerprint density at radius 1 is 1.47 bits per heavy atom. The van der Waals surface area contributed by atoms with Crippen LogP contribution in [-0.2, 0) is 42.2 Å². The Balaban J connectivity index is -0.000000320. The molecule has 0 saturated heterocycles. The monoisotopic (exact) mass is 292 g/mol. The number of rotatable bonds is 5. The molecule has 0 heterocycles. The molecule has 0 fully saturated rings. The molecule has 0 aromatic heterocycles. The van der Waals surface area contributed by atoms with Gasteiger partial charge in [-0.3, -0.25) is 0 Å². The molecular weight excluding hydrogens is 269 g/mol. The average molecular weight is 292 g/mol. The molecule has 3 nitrogen and oxygen atoms in total. The van der Waals surface area contributed by atoms with Crippen molar-refractivity contribution in [2.45, 2.75) is 39.7 Å². The summed E-state index contributed by atoms with van der Waals surface area (Å²) in [6.07, 6.45) is 1.56. The first-order chi connectivity index (χ1) is 6.39. The van der Waals surface area contributed by atoms with Gasteiger partial charge in [-0.15, -0.1) is 0 Å². The number of aliphatic hydroxyl groups is 1. The third-order valence-electron chi connectivity index (χ3n) is 1.57. The molecule has 0 aliphatic carbocycles. The summed E-state index contributed by atoms with van der Waals surface area (Å²) in [7, 11) is 0. The van der Waals surface area contributed by atoms with Crippen LogP contribution in [0.4, 0.5) is 0 Å². The van der Waals surface area contributed by atoms with Crippen LogP contribution in [0.1, 0.15) is 34.1 Å². The van der Waals surface area contributed by atoms with Crippen molar-refractivity contribution >= 4 is 6.29 Å². The minimum atomic E-state index is -0.366. The summed E-state index contributed by atoms with van der Waals surface area (Å²) in [4.78, 5) is 8.69. The van der Waals surface area contributed by atoms with E-state index in [-0.39, 0.29) is 44.9 Å². The fourth-order valence-electron chi connectivity index (χ4n) is 0.617. The number of hydrogen-bond donors (Lipinski definition) is 1. The van der Waals surface area contributed by atoms with Crippen LogP contribution in [0.2, 0.25) is 0 Å². The molecule has 0 aliphatic rings. The Morgan fingerprint density at radius 2 is 1.87 bits per heavy atom. The Bertz CT molecular complexity index is 136. The predicted molar refractivity (Wildman–Crippen MR) is 58.0 cm³/mol. The normalized spacial score (nSPS) is 10.0. The molecule has 0 unspecified atom stereocenters. The van der Waals surface area contributed by atoms with Crippen LogP contribution in [-0.4, -0.2) is 30.2 Å². The molecule has 89 valence electrons.